The summed E-state index contributed by atoms with van der Waals surface area (Å²) in [5.74, 6) is -0.325. The van der Waals surface area contributed by atoms with Crippen LogP contribution in [0.15, 0.2) is 29.2 Å². The predicted molar refractivity (Wildman–Crippen MR) is 57.8 cm³/mol. The minimum absolute atomic E-state index is 0.325. The van der Waals surface area contributed by atoms with Crippen LogP contribution in [0.3, 0.4) is 0 Å². The van der Waals surface area contributed by atoms with Crippen LogP contribution in [0.1, 0.15) is 13.3 Å². The maximum absolute atomic E-state index is 11.9. The molecule has 1 aromatic carbocycles. The van der Waals surface area contributed by atoms with Gasteiger partial charge in [-0.15, -0.1) is 13.2 Å². The van der Waals surface area contributed by atoms with E-state index >= 15 is 0 Å². The fourth-order valence-corrected chi connectivity index (χ4v) is 1.98. The lowest BCUT2D eigenvalue weighted by Crippen LogP contribution is -2.18. The van der Waals surface area contributed by atoms with E-state index in [0.29, 0.717) is 11.4 Å². The van der Waals surface area contributed by atoms with E-state index in [4.69, 9.17) is 0 Å². The van der Waals surface area contributed by atoms with Crippen LogP contribution >= 0.6 is 0 Å². The molecule has 1 rings (SSSR count). The van der Waals surface area contributed by atoms with Gasteiger partial charge in [0, 0.05) is 6.54 Å². The molecule has 1 atom stereocenters. The zero-order chi connectivity index (χ0) is 12.9. The average molecular weight is 267 g/mol. The van der Waals surface area contributed by atoms with Gasteiger partial charge in [0.05, 0.1) is 4.90 Å². The number of ether oxygens (including phenoxy) is 1. The summed E-state index contributed by atoms with van der Waals surface area (Å²) in [5, 5.41) is 0. The first kappa shape index (κ1) is 14.0. The van der Waals surface area contributed by atoms with E-state index in [2.05, 4.69) is 9.46 Å². The third-order valence-corrected chi connectivity index (χ3v) is 2.92. The number of nitrogens with one attached hydrogen (secondary N) is 1. The second kappa shape index (κ2) is 6.02. The van der Waals surface area contributed by atoms with Crippen LogP contribution in [0.2, 0.25) is 0 Å². The van der Waals surface area contributed by atoms with Crippen molar-refractivity contribution in [1.29, 1.82) is 0 Å². The molecule has 0 heterocycles. The molecule has 0 bridgehead atoms. The summed E-state index contributed by atoms with van der Waals surface area (Å²) in [5.41, 5.74) is 0. The van der Waals surface area contributed by atoms with Gasteiger partial charge in [0.15, 0.2) is 0 Å². The molecule has 0 aromatic heterocycles. The number of rotatable bonds is 5. The second-order valence-corrected chi connectivity index (χ2v) is 4.48. The highest BCUT2D eigenvalue weighted by Crippen LogP contribution is 2.23. The molecule has 0 spiro atoms. The minimum Gasteiger partial charge on any atom is -0.406 e. The first-order valence-corrected chi connectivity index (χ1v) is 6.08. The quantitative estimate of drug-likeness (QED) is 0.890. The van der Waals surface area contributed by atoms with Crippen molar-refractivity contribution in [3.8, 4) is 5.75 Å². The Morgan fingerprint density at radius 1 is 1.29 bits per heavy atom. The molecule has 0 radical (unpaired) electrons. The Morgan fingerprint density at radius 2 is 1.88 bits per heavy atom. The van der Waals surface area contributed by atoms with Crippen molar-refractivity contribution in [3.63, 3.8) is 0 Å². The third kappa shape index (κ3) is 5.18. The van der Waals surface area contributed by atoms with Crippen molar-refractivity contribution < 1.29 is 22.1 Å². The molecule has 0 aliphatic heterocycles. The molecule has 0 aliphatic carbocycles. The molecule has 7 heteroatoms. The Kier molecular flexibility index (Phi) is 4.95. The normalized spacial score (nSPS) is 13.4. The van der Waals surface area contributed by atoms with Crippen molar-refractivity contribution in [1.82, 2.24) is 4.72 Å². The highest BCUT2D eigenvalue weighted by Gasteiger charge is 2.30. The number of halogens is 3. The zero-order valence-corrected chi connectivity index (χ0v) is 9.90. The Morgan fingerprint density at radius 3 is 2.35 bits per heavy atom. The van der Waals surface area contributed by atoms with Crippen LogP contribution in [0.5, 0.6) is 5.75 Å². The summed E-state index contributed by atoms with van der Waals surface area (Å²) >= 11 is 0. The zero-order valence-electron chi connectivity index (χ0n) is 9.08. The van der Waals surface area contributed by atoms with Crippen LogP contribution in [-0.2, 0) is 11.0 Å². The second-order valence-electron chi connectivity index (χ2n) is 3.18. The number of hydrogen-bond acceptors (Lipinski definition) is 2. The topological polar surface area (TPSA) is 38.3 Å². The van der Waals surface area contributed by atoms with Gasteiger partial charge >= 0.3 is 6.36 Å². The summed E-state index contributed by atoms with van der Waals surface area (Å²) in [7, 11) is -1.40. The smallest absolute Gasteiger partial charge is 0.406 e. The fourth-order valence-electron chi connectivity index (χ4n) is 1.04. The van der Waals surface area contributed by atoms with Gasteiger partial charge in [-0.3, -0.25) is 0 Å². The number of benzene rings is 1. The predicted octanol–water partition coefficient (Wildman–Crippen LogP) is 2.61. The van der Waals surface area contributed by atoms with Gasteiger partial charge in [0.25, 0.3) is 0 Å². The van der Waals surface area contributed by atoms with Crippen LogP contribution in [0, 0.1) is 0 Å². The molecule has 1 N–H and O–H groups in total. The number of alkyl halides is 3. The summed E-state index contributed by atoms with van der Waals surface area (Å²) in [6.07, 6.45) is -3.89. The maximum Gasteiger partial charge on any atom is 0.573 e. The van der Waals surface area contributed by atoms with E-state index in [1.807, 2.05) is 6.92 Å². The van der Waals surface area contributed by atoms with E-state index < -0.39 is 17.3 Å². The molecule has 0 saturated heterocycles. The van der Waals surface area contributed by atoms with Crippen LogP contribution in [0.4, 0.5) is 13.2 Å². The Labute approximate surface area is 99.6 Å². The standard InChI is InChI=1S/C10H12F3NO2S/c1-2-7-14-17(15)9-5-3-8(4-6-9)16-10(11,12)13/h3-6,14H,2,7H2,1H3. The lowest BCUT2D eigenvalue weighted by molar-refractivity contribution is -0.274. The Balaban J connectivity index is 2.64. The van der Waals surface area contributed by atoms with E-state index in [1.54, 1.807) is 0 Å². The third-order valence-electron chi connectivity index (χ3n) is 1.75. The van der Waals surface area contributed by atoms with Crippen molar-refractivity contribution in [2.45, 2.75) is 24.6 Å². The first-order chi connectivity index (χ1) is 7.92. The SMILES string of the molecule is CCCNS(=O)c1ccc(OC(F)(F)F)cc1. The van der Waals surface area contributed by atoms with Gasteiger partial charge in [-0.1, -0.05) is 6.92 Å². The van der Waals surface area contributed by atoms with Gasteiger partial charge in [-0.05, 0) is 30.7 Å². The van der Waals surface area contributed by atoms with E-state index in [9.17, 15) is 17.4 Å². The maximum atomic E-state index is 11.9. The van der Waals surface area contributed by atoms with E-state index in [-0.39, 0.29) is 5.75 Å². The largest absolute Gasteiger partial charge is 0.573 e. The average Bonchev–Trinajstić information content (AvgIpc) is 2.24. The van der Waals surface area contributed by atoms with Crippen LogP contribution < -0.4 is 9.46 Å². The molecule has 3 nitrogen and oxygen atoms in total. The molecule has 0 saturated carbocycles. The molecule has 0 fully saturated rings. The summed E-state index contributed by atoms with van der Waals surface area (Å²) in [6, 6.07) is 4.93. The van der Waals surface area contributed by atoms with E-state index in [1.165, 1.54) is 12.1 Å². The summed E-state index contributed by atoms with van der Waals surface area (Å²) in [6.45, 7) is 2.50. The van der Waals surface area contributed by atoms with Gasteiger partial charge < -0.3 is 4.74 Å². The minimum atomic E-state index is -4.71. The Hall–Kier alpha value is -1.08. The van der Waals surface area contributed by atoms with Crippen LogP contribution in [-0.4, -0.2) is 17.1 Å². The fraction of sp³-hybridized carbons (Fsp3) is 0.400. The van der Waals surface area contributed by atoms with Gasteiger partial charge in [0.2, 0.25) is 0 Å². The molecule has 0 aliphatic rings. The monoisotopic (exact) mass is 267 g/mol. The lowest BCUT2D eigenvalue weighted by Gasteiger charge is -2.09. The molecular formula is C10H12F3NO2S. The van der Waals surface area contributed by atoms with Gasteiger partial charge in [-0.2, -0.15) is 0 Å². The first-order valence-electron chi connectivity index (χ1n) is 4.93. The van der Waals surface area contributed by atoms with Gasteiger partial charge in [0.1, 0.15) is 16.7 Å². The van der Waals surface area contributed by atoms with E-state index in [0.717, 1.165) is 18.6 Å². The molecule has 1 aromatic rings. The molecule has 96 valence electrons. The van der Waals surface area contributed by atoms with Crippen molar-refractivity contribution >= 4 is 11.0 Å². The van der Waals surface area contributed by atoms with Crippen molar-refractivity contribution in [2.24, 2.45) is 0 Å². The highest BCUT2D eigenvalue weighted by molar-refractivity contribution is 7.83. The van der Waals surface area contributed by atoms with Crippen molar-refractivity contribution in [2.75, 3.05) is 6.54 Å². The Bertz CT molecular complexity index is 378. The molecule has 0 amide bonds. The lowest BCUT2D eigenvalue weighted by atomic mass is 10.3. The highest BCUT2D eigenvalue weighted by atomic mass is 32.2. The number of hydrogen-bond donors (Lipinski definition) is 1. The molecule has 17 heavy (non-hydrogen) atoms. The molecular weight excluding hydrogens is 255 g/mol. The van der Waals surface area contributed by atoms with Gasteiger partial charge in [-0.25, -0.2) is 8.93 Å². The van der Waals surface area contributed by atoms with Crippen molar-refractivity contribution in [3.05, 3.63) is 24.3 Å². The summed E-state index contributed by atoms with van der Waals surface area (Å²) < 4.78 is 53.6. The molecule has 1 unspecified atom stereocenters. The summed E-state index contributed by atoms with van der Waals surface area (Å²) in [4.78, 5) is 0.410. The van der Waals surface area contributed by atoms with Crippen LogP contribution in [0.25, 0.3) is 0 Å².